The van der Waals surface area contributed by atoms with Crippen molar-refractivity contribution >= 4 is 29.3 Å². The zero-order valence-electron chi connectivity index (χ0n) is 19.0. The van der Waals surface area contributed by atoms with Gasteiger partial charge >= 0.3 is 5.97 Å². The molecular weight excluding hydrogens is 452 g/mol. The van der Waals surface area contributed by atoms with Crippen LogP contribution in [0.5, 0.6) is 0 Å². The van der Waals surface area contributed by atoms with Gasteiger partial charge in [-0.1, -0.05) is 91.0 Å². The summed E-state index contributed by atoms with van der Waals surface area (Å²) in [5.41, 5.74) is 2.79. The van der Waals surface area contributed by atoms with E-state index in [1.54, 1.807) is 17.8 Å². The summed E-state index contributed by atoms with van der Waals surface area (Å²) < 4.78 is 0. The van der Waals surface area contributed by atoms with Crippen LogP contribution in [-0.2, 0) is 4.79 Å². The second-order valence-corrected chi connectivity index (χ2v) is 8.17. The van der Waals surface area contributed by atoms with Crippen molar-refractivity contribution in [3.05, 3.63) is 114 Å². The molecule has 0 saturated heterocycles. The highest BCUT2D eigenvalue weighted by Gasteiger charge is 2.10. The fourth-order valence-corrected chi connectivity index (χ4v) is 3.21. The summed E-state index contributed by atoms with van der Waals surface area (Å²) in [5.74, 6) is -0.901. The normalized spacial score (nSPS) is 10.9. The Morgan fingerprint density at radius 1 is 1.00 bits per heavy atom. The first-order valence-electron chi connectivity index (χ1n) is 10.5. The van der Waals surface area contributed by atoms with Crippen molar-refractivity contribution in [2.75, 3.05) is 6.26 Å². The summed E-state index contributed by atoms with van der Waals surface area (Å²) in [4.78, 5) is 11.8. The Bertz CT molecular complexity index is 968. The minimum absolute atomic E-state index is 0.0416. The minimum atomic E-state index is -0.901. The van der Waals surface area contributed by atoms with Crippen LogP contribution < -0.4 is 0 Å². The molecule has 0 saturated carbocycles. The van der Waals surface area contributed by atoms with Gasteiger partial charge in [-0.15, -0.1) is 11.8 Å². The summed E-state index contributed by atoms with van der Waals surface area (Å²) >= 11 is 7.61. The van der Waals surface area contributed by atoms with E-state index >= 15 is 0 Å². The lowest BCUT2D eigenvalue weighted by Crippen LogP contribution is -2.02. The van der Waals surface area contributed by atoms with Gasteiger partial charge in [-0.3, -0.25) is 4.79 Å². The molecule has 0 amide bonds. The highest BCUT2D eigenvalue weighted by molar-refractivity contribution is 7.98. The monoisotopic (exact) mass is 482 g/mol. The van der Waals surface area contributed by atoms with Crippen molar-refractivity contribution in [3.63, 3.8) is 0 Å². The predicted molar refractivity (Wildman–Crippen MR) is 142 cm³/mol. The molecule has 3 aromatic rings. The molecule has 1 atom stereocenters. The van der Waals surface area contributed by atoms with E-state index < -0.39 is 12.1 Å². The fourth-order valence-electron chi connectivity index (χ4n) is 2.66. The van der Waals surface area contributed by atoms with E-state index in [0.29, 0.717) is 5.02 Å². The van der Waals surface area contributed by atoms with Gasteiger partial charge in [0.2, 0.25) is 0 Å². The number of carbonyl (C=O) groups is 1. The van der Waals surface area contributed by atoms with Crippen LogP contribution in [-0.4, -0.2) is 22.4 Å². The highest BCUT2D eigenvalue weighted by atomic mass is 35.5. The van der Waals surface area contributed by atoms with Gasteiger partial charge in [0.15, 0.2) is 0 Å². The zero-order valence-corrected chi connectivity index (χ0v) is 20.6. The molecule has 0 aliphatic rings. The summed E-state index contributed by atoms with van der Waals surface area (Å²) in [7, 11) is 0. The summed E-state index contributed by atoms with van der Waals surface area (Å²) in [6.07, 6.45) is 7.09. The molecule has 0 aliphatic heterocycles. The first kappa shape index (κ1) is 28.2. The first-order valence-corrected chi connectivity index (χ1v) is 12.1. The number of aliphatic hydroxyl groups excluding tert-OH is 1. The lowest BCUT2D eigenvalue weighted by Gasteiger charge is -2.10. The maximum atomic E-state index is 10.5. The smallest absolute Gasteiger partial charge is 0.303 e. The first-order chi connectivity index (χ1) is 15.9. The van der Waals surface area contributed by atoms with Gasteiger partial charge in [0, 0.05) is 16.3 Å². The number of carboxylic acid groups (broad SMARTS) is 1. The summed E-state index contributed by atoms with van der Waals surface area (Å²) in [6, 6.07) is 25.3. The minimum Gasteiger partial charge on any atom is -0.481 e. The van der Waals surface area contributed by atoms with Crippen molar-refractivity contribution in [3.8, 4) is 11.1 Å². The third-order valence-corrected chi connectivity index (χ3v) is 5.41. The van der Waals surface area contributed by atoms with E-state index in [1.807, 2.05) is 85.8 Å². The van der Waals surface area contributed by atoms with E-state index in [4.69, 9.17) is 16.7 Å². The average Bonchev–Trinajstić information content (AvgIpc) is 2.85. The van der Waals surface area contributed by atoms with Crippen LogP contribution in [0.4, 0.5) is 0 Å². The molecule has 0 bridgehead atoms. The number of aliphatic carboxylic acids is 1. The van der Waals surface area contributed by atoms with Crippen LogP contribution >= 0.6 is 23.4 Å². The SMILES string of the molecule is C=C/C=C\C.CSc1ccccc1.O=C(O)CCC(O)c1ccc(-c2ccc(Cl)cc2)cc1. The number of allylic oxidation sites excluding steroid dienone is 3. The molecule has 2 N–H and O–H groups in total. The third-order valence-electron chi connectivity index (χ3n) is 4.41. The molecule has 0 aliphatic carbocycles. The Balaban J connectivity index is 0.000000343. The number of rotatable bonds is 7. The molecule has 3 nitrogen and oxygen atoms in total. The van der Waals surface area contributed by atoms with Gasteiger partial charge in [0.05, 0.1) is 6.10 Å². The lowest BCUT2D eigenvalue weighted by molar-refractivity contribution is -0.137. The Kier molecular flexibility index (Phi) is 14.4. The maximum Gasteiger partial charge on any atom is 0.303 e. The van der Waals surface area contributed by atoms with Crippen LogP contribution in [0.15, 0.2) is 109 Å². The number of aliphatic hydroxyl groups is 1. The van der Waals surface area contributed by atoms with Crippen molar-refractivity contribution in [2.45, 2.75) is 30.8 Å². The van der Waals surface area contributed by atoms with Gasteiger partial charge < -0.3 is 10.2 Å². The summed E-state index contributed by atoms with van der Waals surface area (Å²) in [5, 5.41) is 19.2. The number of thioether (sulfide) groups is 1. The van der Waals surface area contributed by atoms with Crippen LogP contribution in [0.1, 0.15) is 31.4 Å². The molecule has 5 heteroatoms. The lowest BCUT2D eigenvalue weighted by atomic mass is 10.00. The van der Waals surface area contributed by atoms with Crippen LogP contribution in [0.2, 0.25) is 5.02 Å². The Morgan fingerprint density at radius 3 is 1.94 bits per heavy atom. The quantitative estimate of drug-likeness (QED) is 0.264. The molecule has 0 heterocycles. The number of carboxylic acids is 1. The molecule has 3 aromatic carbocycles. The molecule has 33 heavy (non-hydrogen) atoms. The molecular formula is C28H31ClO3S. The summed E-state index contributed by atoms with van der Waals surface area (Å²) in [6.45, 7) is 5.42. The van der Waals surface area contributed by atoms with E-state index in [1.165, 1.54) is 4.90 Å². The molecule has 0 radical (unpaired) electrons. The molecule has 3 rings (SSSR count). The second-order valence-electron chi connectivity index (χ2n) is 6.86. The molecule has 0 aromatic heterocycles. The number of benzene rings is 3. The number of hydrogen-bond donors (Lipinski definition) is 2. The van der Waals surface area contributed by atoms with Crippen molar-refractivity contribution in [2.24, 2.45) is 0 Å². The van der Waals surface area contributed by atoms with Crippen molar-refractivity contribution in [1.29, 1.82) is 0 Å². The Labute approximate surface area is 206 Å². The standard InChI is InChI=1S/C16H15ClO3.C7H8S.C5H8/c17-14-7-5-12(6-8-14)11-1-3-13(4-2-11)15(18)9-10-16(19)20;1-8-7-5-3-2-4-6-7;1-3-5-4-2/h1-8,15,18H,9-10H2,(H,19,20);2-6H,1H3;3-5H,1H2,2H3/b;;5-4-. The molecule has 0 fully saturated rings. The maximum absolute atomic E-state index is 10.5. The van der Waals surface area contributed by atoms with Crippen molar-refractivity contribution in [1.82, 2.24) is 0 Å². The van der Waals surface area contributed by atoms with Gasteiger partial charge in [0.25, 0.3) is 0 Å². The van der Waals surface area contributed by atoms with Crippen LogP contribution in [0, 0.1) is 0 Å². The van der Waals surface area contributed by atoms with Crippen molar-refractivity contribution < 1.29 is 15.0 Å². The largest absolute Gasteiger partial charge is 0.481 e. The van der Waals surface area contributed by atoms with Gasteiger partial charge in [-0.2, -0.15) is 0 Å². The van der Waals surface area contributed by atoms with Gasteiger partial charge in [0.1, 0.15) is 0 Å². The highest BCUT2D eigenvalue weighted by Crippen LogP contribution is 2.25. The van der Waals surface area contributed by atoms with Gasteiger partial charge in [-0.05, 0) is 60.6 Å². The van der Waals surface area contributed by atoms with Crippen LogP contribution in [0.25, 0.3) is 11.1 Å². The van der Waals surface area contributed by atoms with E-state index in [9.17, 15) is 9.90 Å². The van der Waals surface area contributed by atoms with E-state index in [-0.39, 0.29) is 12.8 Å². The average molecular weight is 483 g/mol. The molecule has 174 valence electrons. The van der Waals surface area contributed by atoms with Crippen LogP contribution in [0.3, 0.4) is 0 Å². The molecule has 1 unspecified atom stereocenters. The van der Waals surface area contributed by atoms with E-state index in [2.05, 4.69) is 25.0 Å². The predicted octanol–water partition coefficient (Wildman–Crippen LogP) is 8.06. The zero-order chi connectivity index (χ0) is 24.5. The fraction of sp³-hybridized carbons (Fsp3) is 0.179. The Morgan fingerprint density at radius 2 is 1.55 bits per heavy atom. The second kappa shape index (κ2) is 16.8. The van der Waals surface area contributed by atoms with E-state index in [0.717, 1.165) is 16.7 Å². The third kappa shape index (κ3) is 12.1. The molecule has 0 spiro atoms. The Hall–Kier alpha value is -2.79. The number of halogens is 1. The topological polar surface area (TPSA) is 57.5 Å². The van der Waals surface area contributed by atoms with Gasteiger partial charge in [-0.25, -0.2) is 0 Å². The number of hydrogen-bond acceptors (Lipinski definition) is 3.